The van der Waals surface area contributed by atoms with Gasteiger partial charge in [-0.1, -0.05) is 36.4 Å². The first kappa shape index (κ1) is 15.4. The number of furan rings is 1. The average Bonchev–Trinajstić information content (AvgIpc) is 3.27. The number of hydrogen-bond acceptors (Lipinski definition) is 3. The molecule has 4 nitrogen and oxygen atoms in total. The summed E-state index contributed by atoms with van der Waals surface area (Å²) in [7, 11) is 0. The van der Waals surface area contributed by atoms with E-state index in [0.29, 0.717) is 19.6 Å². The van der Waals surface area contributed by atoms with Crippen molar-refractivity contribution in [2.24, 2.45) is 0 Å². The number of carbonyl (C=O) groups is 1. The van der Waals surface area contributed by atoms with Crippen molar-refractivity contribution in [1.29, 1.82) is 0 Å². The van der Waals surface area contributed by atoms with E-state index in [9.17, 15) is 4.79 Å². The van der Waals surface area contributed by atoms with Crippen molar-refractivity contribution in [3.63, 3.8) is 0 Å². The molecule has 0 radical (unpaired) electrons. The van der Waals surface area contributed by atoms with E-state index in [4.69, 9.17) is 4.42 Å². The van der Waals surface area contributed by atoms with Gasteiger partial charge in [-0.25, -0.2) is 4.79 Å². The van der Waals surface area contributed by atoms with Crippen molar-refractivity contribution < 1.29 is 9.21 Å². The highest BCUT2D eigenvalue weighted by molar-refractivity contribution is 7.09. The predicted octanol–water partition coefficient (Wildman–Crippen LogP) is 4.25. The lowest BCUT2D eigenvalue weighted by atomic mass is 10.2. The predicted molar refractivity (Wildman–Crippen MR) is 91.0 cm³/mol. The van der Waals surface area contributed by atoms with Crippen molar-refractivity contribution >= 4 is 17.4 Å². The molecule has 0 aliphatic carbocycles. The van der Waals surface area contributed by atoms with Gasteiger partial charge in [-0.15, -0.1) is 11.3 Å². The molecule has 3 rings (SSSR count). The van der Waals surface area contributed by atoms with Crippen LogP contribution in [0, 0.1) is 0 Å². The highest BCUT2D eigenvalue weighted by atomic mass is 32.1. The van der Waals surface area contributed by atoms with Crippen LogP contribution < -0.4 is 5.32 Å². The largest absolute Gasteiger partial charge is 0.472 e. The Balaban J connectivity index is 1.65. The second-order valence-electron chi connectivity index (χ2n) is 5.21. The monoisotopic (exact) mass is 326 g/mol. The van der Waals surface area contributed by atoms with Gasteiger partial charge in [-0.05, 0) is 23.1 Å². The Hall–Kier alpha value is -2.53. The number of hydrogen-bond donors (Lipinski definition) is 1. The van der Waals surface area contributed by atoms with Gasteiger partial charge in [0, 0.05) is 17.0 Å². The van der Waals surface area contributed by atoms with Crippen LogP contribution in [-0.4, -0.2) is 10.9 Å². The van der Waals surface area contributed by atoms with Gasteiger partial charge < -0.3 is 14.6 Å². The van der Waals surface area contributed by atoms with Crippen molar-refractivity contribution in [2.75, 3.05) is 0 Å². The van der Waals surface area contributed by atoms with Crippen molar-refractivity contribution in [1.82, 2.24) is 10.2 Å². The third-order valence-corrected chi connectivity index (χ3v) is 4.32. The van der Waals surface area contributed by atoms with Gasteiger partial charge in [0.25, 0.3) is 0 Å². The zero-order chi connectivity index (χ0) is 15.9. The van der Waals surface area contributed by atoms with E-state index < -0.39 is 0 Å². The second kappa shape index (κ2) is 7.65. The highest BCUT2D eigenvalue weighted by Crippen LogP contribution is 2.15. The second-order valence-corrected chi connectivity index (χ2v) is 6.24. The minimum Gasteiger partial charge on any atom is -0.472 e. The summed E-state index contributed by atoms with van der Waals surface area (Å²) in [5.41, 5.74) is 2.07. The first-order valence-corrected chi connectivity index (χ1v) is 8.29. The van der Waals surface area contributed by atoms with Gasteiger partial charge in [-0.3, -0.25) is 0 Å². The molecule has 0 spiro atoms. The van der Waals surface area contributed by atoms with Gasteiger partial charge >= 0.3 is 6.03 Å². The molecule has 5 heteroatoms. The van der Waals surface area contributed by atoms with E-state index in [2.05, 4.69) is 5.32 Å². The Kier molecular flexibility index (Phi) is 5.11. The molecular formula is C18H18N2O2S. The maximum atomic E-state index is 12.6. The van der Waals surface area contributed by atoms with Crippen LogP contribution in [0.4, 0.5) is 4.79 Å². The van der Waals surface area contributed by atoms with E-state index in [0.717, 1.165) is 16.0 Å². The summed E-state index contributed by atoms with van der Waals surface area (Å²) in [5.74, 6) is 0. The molecule has 118 valence electrons. The van der Waals surface area contributed by atoms with Gasteiger partial charge in [-0.2, -0.15) is 0 Å². The molecule has 0 bridgehead atoms. The first-order valence-electron chi connectivity index (χ1n) is 7.41. The number of nitrogens with one attached hydrogen (secondary N) is 1. The summed E-state index contributed by atoms with van der Waals surface area (Å²) in [6.45, 7) is 1.63. The van der Waals surface area contributed by atoms with Gasteiger partial charge in [0.2, 0.25) is 0 Å². The molecule has 0 atom stereocenters. The molecule has 2 amide bonds. The Morgan fingerprint density at radius 2 is 1.91 bits per heavy atom. The number of amides is 2. The fraction of sp³-hybridized carbons (Fsp3) is 0.167. The molecule has 0 aliphatic heterocycles. The Labute approximate surface area is 139 Å². The van der Waals surface area contributed by atoms with Crippen LogP contribution in [0.2, 0.25) is 0 Å². The topological polar surface area (TPSA) is 45.5 Å². The van der Waals surface area contributed by atoms with E-state index >= 15 is 0 Å². The summed E-state index contributed by atoms with van der Waals surface area (Å²) < 4.78 is 5.10. The molecule has 1 N–H and O–H groups in total. The lowest BCUT2D eigenvalue weighted by Gasteiger charge is -2.22. The molecule has 0 saturated heterocycles. The molecule has 2 heterocycles. The molecule has 0 saturated carbocycles. The van der Waals surface area contributed by atoms with Crippen molar-refractivity contribution in [3.8, 4) is 0 Å². The SMILES string of the molecule is O=C(NCc1ccccc1)N(Cc1ccoc1)Cc1cccs1. The van der Waals surface area contributed by atoms with Gasteiger partial charge in [0.05, 0.1) is 25.6 Å². The normalized spacial score (nSPS) is 10.4. The molecule has 0 aliphatic rings. The fourth-order valence-corrected chi connectivity index (χ4v) is 3.00. The quantitative estimate of drug-likeness (QED) is 0.736. The average molecular weight is 326 g/mol. The molecule has 0 unspecified atom stereocenters. The van der Waals surface area contributed by atoms with Crippen LogP contribution in [0.1, 0.15) is 16.0 Å². The molecule has 23 heavy (non-hydrogen) atoms. The summed E-state index contributed by atoms with van der Waals surface area (Å²) in [4.78, 5) is 15.5. The highest BCUT2D eigenvalue weighted by Gasteiger charge is 2.15. The lowest BCUT2D eigenvalue weighted by molar-refractivity contribution is 0.192. The minimum atomic E-state index is -0.0801. The van der Waals surface area contributed by atoms with E-state index in [1.54, 1.807) is 28.8 Å². The number of thiophene rings is 1. The lowest BCUT2D eigenvalue weighted by Crippen LogP contribution is -2.38. The summed E-state index contributed by atoms with van der Waals surface area (Å²) in [6.07, 6.45) is 3.30. The maximum absolute atomic E-state index is 12.6. The van der Waals surface area contributed by atoms with Gasteiger partial charge in [0.1, 0.15) is 0 Å². The molecule has 3 aromatic rings. The molecule has 1 aromatic carbocycles. The molecular weight excluding hydrogens is 308 g/mol. The maximum Gasteiger partial charge on any atom is 0.318 e. The number of urea groups is 1. The van der Waals surface area contributed by atoms with Crippen LogP contribution in [0.15, 0.2) is 70.9 Å². The smallest absolute Gasteiger partial charge is 0.318 e. The third-order valence-electron chi connectivity index (χ3n) is 3.45. The summed E-state index contributed by atoms with van der Waals surface area (Å²) >= 11 is 1.65. The molecule has 0 fully saturated rings. The van der Waals surface area contributed by atoms with Crippen LogP contribution in [0.5, 0.6) is 0 Å². The van der Waals surface area contributed by atoms with Crippen molar-refractivity contribution in [3.05, 3.63) is 82.4 Å². The fourth-order valence-electron chi connectivity index (χ4n) is 2.28. The van der Waals surface area contributed by atoms with E-state index in [-0.39, 0.29) is 6.03 Å². The zero-order valence-corrected chi connectivity index (χ0v) is 13.5. The van der Waals surface area contributed by atoms with Crippen LogP contribution in [0.25, 0.3) is 0 Å². The van der Waals surface area contributed by atoms with E-state index in [1.165, 1.54) is 0 Å². The van der Waals surface area contributed by atoms with Crippen LogP contribution >= 0.6 is 11.3 Å². The van der Waals surface area contributed by atoms with Crippen molar-refractivity contribution in [2.45, 2.75) is 19.6 Å². The Bertz CT molecular complexity index is 673. The molecule has 2 aromatic heterocycles. The first-order chi connectivity index (χ1) is 11.3. The van der Waals surface area contributed by atoms with Gasteiger partial charge in [0.15, 0.2) is 0 Å². The summed E-state index contributed by atoms with van der Waals surface area (Å²) in [6, 6.07) is 15.7. The summed E-state index contributed by atoms with van der Waals surface area (Å²) in [5, 5.41) is 5.01. The van der Waals surface area contributed by atoms with Crippen LogP contribution in [-0.2, 0) is 19.6 Å². The Morgan fingerprint density at radius 3 is 2.61 bits per heavy atom. The number of benzene rings is 1. The zero-order valence-electron chi connectivity index (χ0n) is 12.6. The third kappa shape index (κ3) is 4.47. The Morgan fingerprint density at radius 1 is 1.04 bits per heavy atom. The van der Waals surface area contributed by atoms with Crippen LogP contribution in [0.3, 0.4) is 0 Å². The number of carbonyl (C=O) groups excluding carboxylic acids is 1. The minimum absolute atomic E-state index is 0.0801. The van der Waals surface area contributed by atoms with E-state index in [1.807, 2.05) is 53.9 Å². The standard InChI is InChI=1S/C18H18N2O2S/c21-18(19-11-15-5-2-1-3-6-15)20(12-16-8-9-22-14-16)13-17-7-4-10-23-17/h1-10,14H,11-13H2,(H,19,21). The number of nitrogens with zero attached hydrogens (tertiary/aromatic N) is 1. The number of rotatable bonds is 6.